The van der Waals surface area contributed by atoms with Crippen molar-refractivity contribution in [3.63, 3.8) is 0 Å². The van der Waals surface area contributed by atoms with Crippen LogP contribution in [-0.2, 0) is 24.7 Å². The van der Waals surface area contributed by atoms with Crippen molar-refractivity contribution in [2.24, 2.45) is 0 Å². The summed E-state index contributed by atoms with van der Waals surface area (Å²) >= 11 is 6.46. The Morgan fingerprint density at radius 2 is 1.76 bits per heavy atom. The Balaban J connectivity index is 3.02. The van der Waals surface area contributed by atoms with E-state index in [0.29, 0.717) is 25.7 Å². The number of sulfonamides is 1. The van der Waals surface area contributed by atoms with Gasteiger partial charge in [0.25, 0.3) is 10.0 Å². The third-order valence-electron chi connectivity index (χ3n) is 3.54. The van der Waals surface area contributed by atoms with E-state index in [2.05, 4.69) is 0 Å². The van der Waals surface area contributed by atoms with Gasteiger partial charge in [0.1, 0.15) is 10.3 Å². The van der Waals surface area contributed by atoms with Gasteiger partial charge in [0.2, 0.25) is 0 Å². The molecule has 1 rings (SSSR count). The summed E-state index contributed by atoms with van der Waals surface area (Å²) in [6, 6.07) is 0.845. The highest BCUT2D eigenvalue weighted by molar-refractivity contribution is 7.92. The molecule has 0 bridgehead atoms. The van der Waals surface area contributed by atoms with E-state index in [1.165, 1.54) is 12.1 Å². The van der Waals surface area contributed by atoms with Crippen molar-refractivity contribution in [2.45, 2.75) is 55.0 Å². The number of carboxylic acids is 1. The van der Waals surface area contributed by atoms with Gasteiger partial charge in [-0.05, 0) is 25.0 Å². The Labute approximate surface area is 157 Å². The Morgan fingerprint density at radius 3 is 2.16 bits per heavy atom. The fourth-order valence-electron chi connectivity index (χ4n) is 2.36. The molecule has 1 aromatic heterocycles. The quantitative estimate of drug-likeness (QED) is 0.555. The first-order chi connectivity index (χ1) is 11.5. The lowest BCUT2D eigenvalue weighted by Crippen LogP contribution is -2.46. The SMILES string of the molecule is CCCC(CCC)S(=O)(=O)CC(NS(=O)(=O)c1ccc(Cl)s1)C(=O)O. The highest BCUT2D eigenvalue weighted by Crippen LogP contribution is 2.26. The van der Waals surface area contributed by atoms with Crippen LogP contribution in [0.5, 0.6) is 0 Å². The van der Waals surface area contributed by atoms with Crippen LogP contribution in [0.3, 0.4) is 0 Å². The molecule has 0 saturated heterocycles. The molecule has 2 N–H and O–H groups in total. The molecule has 0 aliphatic rings. The highest BCUT2D eigenvalue weighted by Gasteiger charge is 2.34. The number of carboxylic acid groups (broad SMARTS) is 1. The van der Waals surface area contributed by atoms with E-state index < -0.39 is 42.9 Å². The summed E-state index contributed by atoms with van der Waals surface area (Å²) in [7, 11) is -7.94. The number of rotatable bonds is 11. The van der Waals surface area contributed by atoms with Gasteiger partial charge in [-0.25, -0.2) is 16.8 Å². The average Bonchev–Trinajstić information content (AvgIpc) is 2.93. The van der Waals surface area contributed by atoms with Gasteiger partial charge in [-0.3, -0.25) is 4.79 Å². The molecule has 144 valence electrons. The molecule has 1 aromatic rings. The Morgan fingerprint density at radius 1 is 1.20 bits per heavy atom. The van der Waals surface area contributed by atoms with E-state index in [-0.39, 0.29) is 8.55 Å². The van der Waals surface area contributed by atoms with Gasteiger partial charge in [0.05, 0.1) is 15.3 Å². The molecular formula is C14H22ClNO6S3. The van der Waals surface area contributed by atoms with E-state index in [4.69, 9.17) is 11.6 Å². The number of aliphatic carboxylic acids is 1. The van der Waals surface area contributed by atoms with Crippen LogP contribution in [0.25, 0.3) is 0 Å². The van der Waals surface area contributed by atoms with Gasteiger partial charge >= 0.3 is 5.97 Å². The number of carbonyl (C=O) groups is 1. The maximum absolute atomic E-state index is 12.5. The van der Waals surface area contributed by atoms with Crippen LogP contribution in [0.2, 0.25) is 4.34 Å². The number of hydrogen-bond acceptors (Lipinski definition) is 6. The standard InChI is InChI=1S/C14H22ClNO6S3/c1-3-5-10(6-4-2)24(19,20)9-11(14(17)18)16-25(21,22)13-8-7-12(15)23-13/h7-8,10-11,16H,3-6,9H2,1-2H3,(H,17,18). The normalized spacial score (nSPS) is 13.9. The van der Waals surface area contributed by atoms with E-state index in [9.17, 15) is 26.7 Å². The lowest BCUT2D eigenvalue weighted by atomic mass is 10.2. The molecule has 1 unspecified atom stereocenters. The molecule has 0 aliphatic heterocycles. The molecule has 0 fully saturated rings. The lowest BCUT2D eigenvalue weighted by Gasteiger charge is -2.20. The number of sulfone groups is 1. The maximum Gasteiger partial charge on any atom is 0.322 e. The van der Waals surface area contributed by atoms with Crippen molar-refractivity contribution in [3.8, 4) is 0 Å². The van der Waals surface area contributed by atoms with Crippen LogP contribution in [0.1, 0.15) is 39.5 Å². The monoisotopic (exact) mass is 431 g/mol. The van der Waals surface area contributed by atoms with E-state index >= 15 is 0 Å². The van der Waals surface area contributed by atoms with Gasteiger partial charge in [0, 0.05) is 0 Å². The van der Waals surface area contributed by atoms with Gasteiger partial charge in [-0.2, -0.15) is 4.72 Å². The zero-order chi connectivity index (χ0) is 19.3. The van der Waals surface area contributed by atoms with Crippen molar-refractivity contribution < 1.29 is 26.7 Å². The van der Waals surface area contributed by atoms with Crippen molar-refractivity contribution in [1.29, 1.82) is 0 Å². The minimum Gasteiger partial charge on any atom is -0.480 e. The Hall–Kier alpha value is -0.680. The zero-order valence-corrected chi connectivity index (χ0v) is 17.1. The van der Waals surface area contributed by atoms with Gasteiger partial charge in [-0.15, -0.1) is 11.3 Å². The molecule has 0 spiro atoms. The summed E-state index contributed by atoms with van der Waals surface area (Å²) in [5, 5.41) is 8.60. The van der Waals surface area contributed by atoms with Crippen LogP contribution in [0, 0.1) is 0 Å². The molecule has 7 nitrogen and oxygen atoms in total. The molecular weight excluding hydrogens is 410 g/mol. The molecule has 0 radical (unpaired) electrons. The third-order valence-corrected chi connectivity index (χ3v) is 9.02. The topological polar surface area (TPSA) is 118 Å². The predicted octanol–water partition coefficient (Wildman–Crippen LogP) is 2.52. The molecule has 11 heteroatoms. The minimum atomic E-state index is -4.17. The second-order valence-electron chi connectivity index (χ2n) is 5.60. The first-order valence-electron chi connectivity index (χ1n) is 7.75. The van der Waals surface area contributed by atoms with Crippen molar-refractivity contribution in [1.82, 2.24) is 4.72 Å². The second-order valence-corrected chi connectivity index (χ2v) is 11.6. The Kier molecular flexibility index (Phi) is 8.33. The summed E-state index contributed by atoms with van der Waals surface area (Å²) in [6.45, 7) is 3.69. The highest BCUT2D eigenvalue weighted by atomic mass is 35.5. The summed E-state index contributed by atoms with van der Waals surface area (Å²) in [6.07, 6.45) is 2.10. The van der Waals surface area contributed by atoms with Gasteiger partial charge < -0.3 is 5.11 Å². The van der Waals surface area contributed by atoms with Gasteiger partial charge in [-0.1, -0.05) is 38.3 Å². The summed E-state index contributed by atoms with van der Waals surface area (Å²) in [5.41, 5.74) is 0. The largest absolute Gasteiger partial charge is 0.480 e. The smallest absolute Gasteiger partial charge is 0.322 e. The van der Waals surface area contributed by atoms with Crippen LogP contribution in [0.15, 0.2) is 16.3 Å². The predicted molar refractivity (Wildman–Crippen MR) is 98.5 cm³/mol. The fourth-order valence-corrected chi connectivity index (χ4v) is 7.31. The lowest BCUT2D eigenvalue weighted by molar-refractivity contribution is -0.138. The van der Waals surface area contributed by atoms with E-state index in [1.807, 2.05) is 18.6 Å². The second kappa shape index (κ2) is 9.31. The van der Waals surface area contributed by atoms with Crippen LogP contribution < -0.4 is 4.72 Å². The Bertz CT molecular complexity index is 781. The van der Waals surface area contributed by atoms with Crippen molar-refractivity contribution in [3.05, 3.63) is 16.5 Å². The molecule has 1 atom stereocenters. The van der Waals surface area contributed by atoms with Crippen LogP contribution >= 0.6 is 22.9 Å². The first kappa shape index (κ1) is 22.4. The molecule has 25 heavy (non-hydrogen) atoms. The molecule has 0 aromatic carbocycles. The van der Waals surface area contributed by atoms with Crippen molar-refractivity contribution >= 4 is 48.8 Å². The average molecular weight is 432 g/mol. The fraction of sp³-hybridized carbons (Fsp3) is 0.643. The number of halogens is 1. The summed E-state index contributed by atoms with van der Waals surface area (Å²) in [4.78, 5) is 11.4. The third kappa shape index (κ3) is 6.52. The summed E-state index contributed by atoms with van der Waals surface area (Å²) in [5.74, 6) is -2.33. The van der Waals surface area contributed by atoms with Gasteiger partial charge in [0.15, 0.2) is 9.84 Å². The zero-order valence-electron chi connectivity index (χ0n) is 13.9. The number of nitrogens with one attached hydrogen (secondary N) is 1. The van der Waals surface area contributed by atoms with Crippen LogP contribution in [0.4, 0.5) is 0 Å². The van der Waals surface area contributed by atoms with Crippen LogP contribution in [-0.4, -0.2) is 45.0 Å². The summed E-state index contributed by atoms with van der Waals surface area (Å²) < 4.78 is 51.6. The molecule has 0 aliphatic carbocycles. The first-order valence-corrected chi connectivity index (χ1v) is 12.1. The molecule has 0 saturated carbocycles. The minimum absolute atomic E-state index is 0.167. The van der Waals surface area contributed by atoms with E-state index in [0.717, 1.165) is 11.3 Å². The molecule has 0 amide bonds. The van der Waals surface area contributed by atoms with E-state index in [1.54, 1.807) is 0 Å². The maximum atomic E-state index is 12.5. The number of hydrogen-bond donors (Lipinski definition) is 2. The molecule has 1 heterocycles. The van der Waals surface area contributed by atoms with Crippen molar-refractivity contribution in [2.75, 3.05) is 5.75 Å². The number of thiophene rings is 1.